The molecule has 0 saturated carbocycles. The first-order valence-corrected chi connectivity index (χ1v) is 8.64. The van der Waals surface area contributed by atoms with E-state index in [9.17, 15) is 0 Å². The van der Waals surface area contributed by atoms with Gasteiger partial charge in [0.05, 0.1) is 13.2 Å². The first kappa shape index (κ1) is 17.1. The van der Waals surface area contributed by atoms with Crippen LogP contribution in [-0.4, -0.2) is 25.7 Å². The lowest BCUT2D eigenvalue weighted by Gasteiger charge is -2.11. The van der Waals surface area contributed by atoms with Gasteiger partial charge < -0.3 is 20.5 Å². The van der Waals surface area contributed by atoms with Crippen LogP contribution >= 0.6 is 0 Å². The zero-order valence-corrected chi connectivity index (χ0v) is 14.8. The molecule has 0 unspecified atom stereocenters. The maximum absolute atomic E-state index is 6.01. The third-order valence-corrected chi connectivity index (χ3v) is 4.18. The van der Waals surface area contributed by atoms with Gasteiger partial charge in [-0.1, -0.05) is 23.8 Å². The van der Waals surface area contributed by atoms with E-state index in [0.717, 1.165) is 30.0 Å². The van der Waals surface area contributed by atoms with Crippen molar-refractivity contribution in [2.75, 3.05) is 25.1 Å². The number of ether oxygens (including phenoxy) is 2. The van der Waals surface area contributed by atoms with Gasteiger partial charge in [-0.25, -0.2) is 0 Å². The highest BCUT2D eigenvalue weighted by atomic mass is 16.5. The van der Waals surface area contributed by atoms with Gasteiger partial charge in [-0.3, -0.25) is 4.99 Å². The molecule has 2 aromatic carbocycles. The number of nitrogens with two attached hydrogens (primary N) is 1. The second kappa shape index (κ2) is 7.92. The molecule has 0 aliphatic carbocycles. The summed E-state index contributed by atoms with van der Waals surface area (Å²) in [5, 5.41) is 3.11. The molecule has 0 fully saturated rings. The van der Waals surface area contributed by atoms with Crippen LogP contribution in [0.1, 0.15) is 23.1 Å². The fourth-order valence-electron chi connectivity index (χ4n) is 2.85. The normalized spacial score (nSPS) is 14.1. The summed E-state index contributed by atoms with van der Waals surface area (Å²) >= 11 is 0. The molecule has 1 heterocycles. The molecule has 0 amide bonds. The van der Waals surface area contributed by atoms with Crippen molar-refractivity contribution in [1.82, 2.24) is 0 Å². The Hall–Kier alpha value is -2.69. The number of aryl methyl sites for hydroxylation is 2. The minimum atomic E-state index is 0.402. The van der Waals surface area contributed by atoms with Crippen LogP contribution < -0.4 is 20.5 Å². The number of hydrogen-bond donors (Lipinski definition) is 2. The van der Waals surface area contributed by atoms with Crippen molar-refractivity contribution in [3.63, 3.8) is 0 Å². The lowest BCUT2D eigenvalue weighted by molar-refractivity contribution is 0.297. The van der Waals surface area contributed by atoms with E-state index in [1.807, 2.05) is 18.2 Å². The lowest BCUT2D eigenvalue weighted by atomic mass is 10.0. The topological polar surface area (TPSA) is 68.9 Å². The fraction of sp³-hybridized carbons (Fsp3) is 0.350. The molecule has 25 heavy (non-hydrogen) atoms. The van der Waals surface area contributed by atoms with E-state index in [4.69, 9.17) is 15.2 Å². The van der Waals surface area contributed by atoms with E-state index in [1.165, 1.54) is 16.7 Å². The minimum absolute atomic E-state index is 0.402. The van der Waals surface area contributed by atoms with Gasteiger partial charge in [-0.15, -0.1) is 0 Å². The van der Waals surface area contributed by atoms with E-state index in [2.05, 4.69) is 42.4 Å². The van der Waals surface area contributed by atoms with Crippen LogP contribution in [0.15, 0.2) is 41.4 Å². The molecule has 0 bridgehead atoms. The third kappa shape index (κ3) is 4.66. The van der Waals surface area contributed by atoms with Crippen molar-refractivity contribution in [2.45, 2.75) is 26.7 Å². The number of fused-ring (bicyclic) bond motifs is 1. The summed E-state index contributed by atoms with van der Waals surface area (Å²) in [6.45, 7) is 6.22. The average Bonchev–Trinajstić information content (AvgIpc) is 2.82. The Morgan fingerprint density at radius 3 is 2.68 bits per heavy atom. The quantitative estimate of drug-likeness (QED) is 0.661. The van der Waals surface area contributed by atoms with Crippen LogP contribution in [0.25, 0.3) is 0 Å². The molecular weight excluding hydrogens is 314 g/mol. The first-order chi connectivity index (χ1) is 12.1. The van der Waals surface area contributed by atoms with Crippen molar-refractivity contribution >= 4 is 11.6 Å². The van der Waals surface area contributed by atoms with Crippen LogP contribution in [-0.2, 0) is 6.42 Å². The molecule has 2 aromatic rings. The monoisotopic (exact) mass is 339 g/mol. The molecular formula is C20H25N3O2. The predicted octanol–water partition coefficient (Wildman–Crippen LogP) is 3.43. The molecule has 3 rings (SSSR count). The summed E-state index contributed by atoms with van der Waals surface area (Å²) in [5.41, 5.74) is 10.7. The van der Waals surface area contributed by atoms with Crippen molar-refractivity contribution < 1.29 is 9.47 Å². The lowest BCUT2D eigenvalue weighted by Crippen LogP contribution is -2.23. The molecule has 0 saturated heterocycles. The fourth-order valence-corrected chi connectivity index (χ4v) is 2.85. The minimum Gasteiger partial charge on any atom is -0.490 e. The van der Waals surface area contributed by atoms with Gasteiger partial charge in [-0.05, 0) is 43.5 Å². The molecule has 0 atom stereocenters. The summed E-state index contributed by atoms with van der Waals surface area (Å²) in [4.78, 5) is 4.42. The Balaban J connectivity index is 1.59. The molecule has 3 N–H and O–H groups in total. The van der Waals surface area contributed by atoms with Crippen molar-refractivity contribution in [2.24, 2.45) is 10.7 Å². The summed E-state index contributed by atoms with van der Waals surface area (Å²) < 4.78 is 11.3. The number of rotatable bonds is 4. The highest BCUT2D eigenvalue weighted by molar-refractivity contribution is 5.92. The van der Waals surface area contributed by atoms with E-state index in [1.54, 1.807) is 0 Å². The van der Waals surface area contributed by atoms with Gasteiger partial charge in [0, 0.05) is 24.7 Å². The number of nitrogens with one attached hydrogen (secondary N) is 1. The maximum atomic E-state index is 6.01. The van der Waals surface area contributed by atoms with Gasteiger partial charge in [0.1, 0.15) is 0 Å². The number of benzene rings is 2. The summed E-state index contributed by atoms with van der Waals surface area (Å²) in [6, 6.07) is 12.2. The zero-order chi connectivity index (χ0) is 17.6. The zero-order valence-electron chi connectivity index (χ0n) is 14.8. The van der Waals surface area contributed by atoms with Gasteiger partial charge in [0.15, 0.2) is 17.5 Å². The van der Waals surface area contributed by atoms with Crippen molar-refractivity contribution in [1.29, 1.82) is 0 Å². The van der Waals surface area contributed by atoms with Crippen LogP contribution in [0, 0.1) is 13.8 Å². The second-order valence-corrected chi connectivity index (χ2v) is 6.28. The number of hydrogen-bond acceptors (Lipinski definition) is 3. The number of anilines is 1. The number of nitrogens with zero attached hydrogens (tertiary/aromatic N) is 1. The predicted molar refractivity (Wildman–Crippen MR) is 102 cm³/mol. The summed E-state index contributed by atoms with van der Waals surface area (Å²) in [5.74, 6) is 1.92. The second-order valence-electron chi connectivity index (χ2n) is 6.28. The van der Waals surface area contributed by atoms with Gasteiger partial charge in [-0.2, -0.15) is 0 Å². The highest BCUT2D eigenvalue weighted by Gasteiger charge is 2.10. The number of aliphatic imine (C=N–C) groups is 1. The Labute approximate surface area is 148 Å². The van der Waals surface area contributed by atoms with E-state index >= 15 is 0 Å². The van der Waals surface area contributed by atoms with Crippen LogP contribution in [0.4, 0.5) is 5.69 Å². The molecule has 1 aliphatic heterocycles. The highest BCUT2D eigenvalue weighted by Crippen LogP contribution is 2.32. The van der Waals surface area contributed by atoms with Gasteiger partial charge in [0.25, 0.3) is 0 Å². The largest absolute Gasteiger partial charge is 0.490 e. The van der Waals surface area contributed by atoms with Crippen molar-refractivity contribution in [3.05, 3.63) is 53.1 Å². The Morgan fingerprint density at radius 2 is 1.88 bits per heavy atom. The smallest absolute Gasteiger partial charge is 0.193 e. The molecule has 0 spiro atoms. The summed E-state index contributed by atoms with van der Waals surface area (Å²) in [7, 11) is 0. The molecule has 1 aliphatic rings. The van der Waals surface area contributed by atoms with Gasteiger partial charge >= 0.3 is 0 Å². The molecule has 5 heteroatoms. The molecule has 0 radical (unpaired) electrons. The SMILES string of the molecule is Cc1ccc(CCN=C(N)Nc2ccc3c(c2)OCCCO3)c(C)c1. The van der Waals surface area contributed by atoms with Crippen LogP contribution in [0.5, 0.6) is 11.5 Å². The van der Waals surface area contributed by atoms with Gasteiger partial charge in [0.2, 0.25) is 0 Å². The van der Waals surface area contributed by atoms with Crippen molar-refractivity contribution in [3.8, 4) is 11.5 Å². The Kier molecular flexibility index (Phi) is 5.43. The van der Waals surface area contributed by atoms with E-state index < -0.39 is 0 Å². The van der Waals surface area contributed by atoms with Crippen LogP contribution in [0.3, 0.4) is 0 Å². The standard InChI is InChI=1S/C20H25N3O2/c1-14-4-5-16(15(2)12-14)8-9-22-20(21)23-17-6-7-18-19(13-17)25-11-3-10-24-18/h4-7,12-13H,3,8-11H2,1-2H3,(H3,21,22,23). The van der Waals surface area contributed by atoms with Crippen LogP contribution in [0.2, 0.25) is 0 Å². The number of guanidine groups is 1. The average molecular weight is 339 g/mol. The molecule has 132 valence electrons. The van der Waals surface area contributed by atoms with E-state index in [0.29, 0.717) is 25.7 Å². The molecule has 0 aromatic heterocycles. The Bertz CT molecular complexity index is 772. The summed E-state index contributed by atoms with van der Waals surface area (Å²) in [6.07, 6.45) is 1.76. The third-order valence-electron chi connectivity index (χ3n) is 4.18. The first-order valence-electron chi connectivity index (χ1n) is 8.64. The molecule has 5 nitrogen and oxygen atoms in total. The Morgan fingerprint density at radius 1 is 1.08 bits per heavy atom. The maximum Gasteiger partial charge on any atom is 0.193 e. The van der Waals surface area contributed by atoms with E-state index in [-0.39, 0.29) is 0 Å².